The lowest BCUT2D eigenvalue weighted by molar-refractivity contribution is 0.0341. The number of hydrogen-bond acceptors (Lipinski definition) is 4. The van der Waals surface area contributed by atoms with E-state index in [1.54, 1.807) is 0 Å². The third kappa shape index (κ3) is 5.43. The predicted molar refractivity (Wildman–Crippen MR) is 108 cm³/mol. The Bertz CT molecular complexity index is 872. The second-order valence-corrected chi connectivity index (χ2v) is 7.14. The number of urea groups is 1. The van der Waals surface area contributed by atoms with Crippen LogP contribution < -0.4 is 16.2 Å². The molecule has 0 radical (unpaired) electrons. The molecule has 1 saturated heterocycles. The minimum absolute atomic E-state index is 0.159. The summed E-state index contributed by atoms with van der Waals surface area (Å²) in [5.74, 6) is 0. The number of nitrogens with zero attached hydrogens (tertiary/aromatic N) is 1. The molecule has 0 bridgehead atoms. The van der Waals surface area contributed by atoms with Crippen molar-refractivity contribution in [1.29, 1.82) is 0 Å². The topological polar surface area (TPSA) is 86.5 Å². The number of amides is 2. The van der Waals surface area contributed by atoms with E-state index in [4.69, 9.17) is 4.74 Å². The molecule has 0 atom stereocenters. The van der Waals surface area contributed by atoms with Gasteiger partial charge in [0.15, 0.2) is 0 Å². The van der Waals surface area contributed by atoms with Gasteiger partial charge in [0.25, 0.3) is 5.56 Å². The van der Waals surface area contributed by atoms with E-state index in [2.05, 4.69) is 26.6 Å². The summed E-state index contributed by atoms with van der Waals surface area (Å²) >= 11 is 0. The summed E-state index contributed by atoms with van der Waals surface area (Å²) in [5.41, 5.74) is 4.40. The van der Waals surface area contributed by atoms with Gasteiger partial charge in [0, 0.05) is 37.4 Å². The van der Waals surface area contributed by atoms with Crippen LogP contribution in [0.25, 0.3) is 0 Å². The first-order chi connectivity index (χ1) is 13.5. The number of morpholine rings is 1. The van der Waals surface area contributed by atoms with E-state index < -0.39 is 0 Å². The average Bonchev–Trinajstić information content (AvgIpc) is 2.67. The number of carbonyl (C=O) groups is 1. The highest BCUT2D eigenvalue weighted by Gasteiger charge is 2.13. The number of nitrogens with one attached hydrogen (secondary N) is 3. The number of rotatable bonds is 6. The number of H-pyrrole nitrogens is 1. The lowest BCUT2D eigenvalue weighted by atomic mass is 10.1. The van der Waals surface area contributed by atoms with Crippen molar-refractivity contribution < 1.29 is 9.53 Å². The fourth-order valence-electron chi connectivity index (χ4n) is 3.39. The lowest BCUT2D eigenvalue weighted by Gasteiger charge is -2.27. The van der Waals surface area contributed by atoms with Crippen LogP contribution in [0, 0.1) is 13.8 Å². The Balaban J connectivity index is 1.54. The summed E-state index contributed by atoms with van der Waals surface area (Å²) in [6, 6.07) is 9.74. The highest BCUT2D eigenvalue weighted by atomic mass is 16.5. The van der Waals surface area contributed by atoms with Crippen molar-refractivity contribution >= 4 is 6.03 Å². The number of aromatic amines is 1. The van der Waals surface area contributed by atoms with Crippen molar-refractivity contribution in [2.45, 2.75) is 33.5 Å². The molecular formula is C21H28N4O3. The van der Waals surface area contributed by atoms with Gasteiger partial charge in [-0.1, -0.05) is 24.3 Å². The van der Waals surface area contributed by atoms with Gasteiger partial charge in [-0.25, -0.2) is 4.79 Å². The normalized spacial score (nSPS) is 14.6. The van der Waals surface area contributed by atoms with E-state index in [0.29, 0.717) is 12.1 Å². The number of hydrogen-bond donors (Lipinski definition) is 3. The Morgan fingerprint density at radius 1 is 1.11 bits per heavy atom. The van der Waals surface area contributed by atoms with Crippen molar-refractivity contribution in [3.05, 3.63) is 68.6 Å². The van der Waals surface area contributed by atoms with E-state index in [1.807, 2.05) is 38.1 Å². The van der Waals surface area contributed by atoms with Gasteiger partial charge in [0.2, 0.25) is 0 Å². The van der Waals surface area contributed by atoms with Crippen LogP contribution in [0.1, 0.15) is 27.9 Å². The summed E-state index contributed by atoms with van der Waals surface area (Å²) in [4.78, 5) is 29.4. The predicted octanol–water partition coefficient (Wildman–Crippen LogP) is 1.82. The van der Waals surface area contributed by atoms with Gasteiger partial charge in [-0.3, -0.25) is 9.69 Å². The van der Waals surface area contributed by atoms with Crippen LogP contribution in [-0.2, 0) is 24.4 Å². The van der Waals surface area contributed by atoms with E-state index in [0.717, 1.165) is 49.7 Å². The number of benzene rings is 1. The Hall–Kier alpha value is -2.64. The molecule has 1 aromatic carbocycles. The summed E-state index contributed by atoms with van der Waals surface area (Å²) < 4.78 is 5.40. The third-order valence-electron chi connectivity index (χ3n) is 4.97. The minimum Gasteiger partial charge on any atom is -0.379 e. The molecule has 2 amide bonds. The van der Waals surface area contributed by atoms with Crippen LogP contribution in [0.3, 0.4) is 0 Å². The van der Waals surface area contributed by atoms with Gasteiger partial charge < -0.3 is 20.4 Å². The maximum atomic E-state index is 12.2. The molecule has 1 fully saturated rings. The molecule has 0 unspecified atom stereocenters. The van der Waals surface area contributed by atoms with Gasteiger partial charge in [0.05, 0.1) is 19.8 Å². The van der Waals surface area contributed by atoms with E-state index in [9.17, 15) is 9.59 Å². The molecule has 1 aliphatic rings. The number of pyridine rings is 1. The van der Waals surface area contributed by atoms with Crippen LogP contribution in [0.4, 0.5) is 4.79 Å². The highest BCUT2D eigenvalue weighted by molar-refractivity contribution is 5.73. The van der Waals surface area contributed by atoms with Gasteiger partial charge >= 0.3 is 6.03 Å². The molecule has 28 heavy (non-hydrogen) atoms. The Kier molecular flexibility index (Phi) is 6.84. The number of carbonyl (C=O) groups excluding carboxylic acids is 1. The lowest BCUT2D eigenvalue weighted by Crippen LogP contribution is -2.37. The molecule has 7 nitrogen and oxygen atoms in total. The van der Waals surface area contributed by atoms with Crippen LogP contribution in [0.2, 0.25) is 0 Å². The average molecular weight is 384 g/mol. The first kappa shape index (κ1) is 20.1. The zero-order valence-electron chi connectivity index (χ0n) is 16.5. The second-order valence-electron chi connectivity index (χ2n) is 7.14. The van der Waals surface area contributed by atoms with Gasteiger partial charge in [0.1, 0.15) is 0 Å². The number of ether oxygens (including phenoxy) is 1. The largest absolute Gasteiger partial charge is 0.379 e. The van der Waals surface area contributed by atoms with Gasteiger partial charge in [-0.05, 0) is 36.6 Å². The maximum absolute atomic E-state index is 12.2. The summed E-state index contributed by atoms with van der Waals surface area (Å²) in [6.45, 7) is 8.57. The van der Waals surface area contributed by atoms with E-state index in [1.165, 1.54) is 5.56 Å². The molecule has 7 heteroatoms. The third-order valence-corrected chi connectivity index (χ3v) is 4.97. The monoisotopic (exact) mass is 384 g/mol. The van der Waals surface area contributed by atoms with Gasteiger partial charge in [-0.15, -0.1) is 0 Å². The smallest absolute Gasteiger partial charge is 0.315 e. The standard InChI is InChI=1S/C21H28N4O3/c1-15-11-16(2)24-20(26)19(15)13-23-21(27)22-12-17-5-3-4-6-18(17)14-25-7-9-28-10-8-25/h3-6,11H,7-10,12-14H2,1-2H3,(H,24,26)(H2,22,23,27). The van der Waals surface area contributed by atoms with Crippen LogP contribution in [0.15, 0.2) is 35.1 Å². The molecule has 2 aromatic rings. The molecule has 0 saturated carbocycles. The van der Waals surface area contributed by atoms with Crippen LogP contribution >= 0.6 is 0 Å². The van der Waals surface area contributed by atoms with E-state index in [-0.39, 0.29) is 18.1 Å². The molecule has 1 aliphatic heterocycles. The van der Waals surface area contributed by atoms with Crippen LogP contribution in [-0.4, -0.2) is 42.2 Å². The summed E-state index contributed by atoms with van der Waals surface area (Å²) in [6.07, 6.45) is 0. The Morgan fingerprint density at radius 3 is 2.50 bits per heavy atom. The first-order valence-electron chi connectivity index (χ1n) is 9.61. The SMILES string of the molecule is Cc1cc(C)c(CNC(=O)NCc2ccccc2CN2CCOCC2)c(=O)[nH]1. The van der Waals surface area contributed by atoms with Crippen molar-refractivity contribution in [2.75, 3.05) is 26.3 Å². The molecular weight excluding hydrogens is 356 g/mol. The Labute approximate surface area is 165 Å². The Morgan fingerprint density at radius 2 is 1.79 bits per heavy atom. The molecule has 0 aliphatic carbocycles. The fourth-order valence-corrected chi connectivity index (χ4v) is 3.39. The molecule has 150 valence electrons. The second kappa shape index (κ2) is 9.52. The number of aromatic nitrogens is 1. The summed E-state index contributed by atoms with van der Waals surface area (Å²) in [7, 11) is 0. The quantitative estimate of drug-likeness (QED) is 0.709. The minimum atomic E-state index is -0.291. The van der Waals surface area contributed by atoms with Gasteiger partial charge in [-0.2, -0.15) is 0 Å². The molecule has 2 heterocycles. The zero-order chi connectivity index (χ0) is 19.9. The van der Waals surface area contributed by atoms with Crippen molar-refractivity contribution in [3.63, 3.8) is 0 Å². The molecule has 3 N–H and O–H groups in total. The molecule has 3 rings (SSSR count). The zero-order valence-corrected chi connectivity index (χ0v) is 16.5. The molecule has 0 spiro atoms. The molecule has 1 aromatic heterocycles. The van der Waals surface area contributed by atoms with Crippen molar-refractivity contribution in [1.82, 2.24) is 20.5 Å². The summed E-state index contributed by atoms with van der Waals surface area (Å²) in [5, 5.41) is 5.67. The number of aryl methyl sites for hydroxylation is 2. The van der Waals surface area contributed by atoms with Crippen molar-refractivity contribution in [3.8, 4) is 0 Å². The van der Waals surface area contributed by atoms with Crippen molar-refractivity contribution in [2.24, 2.45) is 0 Å². The van der Waals surface area contributed by atoms with Crippen LogP contribution in [0.5, 0.6) is 0 Å². The maximum Gasteiger partial charge on any atom is 0.315 e. The fraction of sp³-hybridized carbons (Fsp3) is 0.429. The first-order valence-corrected chi connectivity index (χ1v) is 9.61. The highest BCUT2D eigenvalue weighted by Crippen LogP contribution is 2.13. The van der Waals surface area contributed by atoms with E-state index >= 15 is 0 Å².